The van der Waals surface area contributed by atoms with Gasteiger partial charge in [-0.25, -0.2) is 13.1 Å². The third-order valence-corrected chi connectivity index (χ3v) is 5.21. The van der Waals surface area contributed by atoms with Crippen LogP contribution in [-0.2, 0) is 10.0 Å². The molecule has 5 nitrogen and oxygen atoms in total. The summed E-state index contributed by atoms with van der Waals surface area (Å²) in [5.41, 5.74) is 0. The molecular formula is C16H25NO4S. The van der Waals surface area contributed by atoms with Gasteiger partial charge in [0.2, 0.25) is 10.0 Å². The van der Waals surface area contributed by atoms with Gasteiger partial charge in [-0.1, -0.05) is 26.2 Å². The van der Waals surface area contributed by atoms with E-state index in [-0.39, 0.29) is 10.9 Å². The minimum Gasteiger partial charge on any atom is -0.490 e. The first-order chi connectivity index (χ1) is 10.5. The molecule has 0 saturated heterocycles. The van der Waals surface area contributed by atoms with Gasteiger partial charge < -0.3 is 9.47 Å². The molecule has 124 valence electrons. The largest absolute Gasteiger partial charge is 0.490 e. The summed E-state index contributed by atoms with van der Waals surface area (Å²) in [6.07, 6.45) is 4.92. The van der Waals surface area contributed by atoms with Crippen molar-refractivity contribution in [3.63, 3.8) is 0 Å². The lowest BCUT2D eigenvalue weighted by atomic mass is 10.1. The van der Waals surface area contributed by atoms with Gasteiger partial charge in [0.25, 0.3) is 0 Å². The molecule has 1 aromatic carbocycles. The zero-order valence-electron chi connectivity index (χ0n) is 13.3. The van der Waals surface area contributed by atoms with Crippen molar-refractivity contribution in [2.75, 3.05) is 13.2 Å². The maximum atomic E-state index is 12.4. The van der Waals surface area contributed by atoms with E-state index in [0.29, 0.717) is 24.7 Å². The van der Waals surface area contributed by atoms with Crippen molar-refractivity contribution in [2.24, 2.45) is 0 Å². The highest BCUT2D eigenvalue weighted by Crippen LogP contribution is 2.31. The molecule has 0 fully saturated rings. The normalized spacial score (nSPS) is 16.1. The molecule has 1 aromatic rings. The van der Waals surface area contributed by atoms with Crippen molar-refractivity contribution in [3.8, 4) is 11.5 Å². The van der Waals surface area contributed by atoms with E-state index < -0.39 is 10.0 Å². The average molecular weight is 327 g/mol. The molecule has 1 heterocycles. The van der Waals surface area contributed by atoms with Gasteiger partial charge in [0.15, 0.2) is 11.5 Å². The van der Waals surface area contributed by atoms with E-state index in [1.54, 1.807) is 18.2 Å². The van der Waals surface area contributed by atoms with Gasteiger partial charge >= 0.3 is 0 Å². The van der Waals surface area contributed by atoms with E-state index in [9.17, 15) is 8.42 Å². The Morgan fingerprint density at radius 3 is 2.64 bits per heavy atom. The highest BCUT2D eigenvalue weighted by atomic mass is 32.2. The zero-order chi connectivity index (χ0) is 16.0. The summed E-state index contributed by atoms with van der Waals surface area (Å²) in [5, 5.41) is 0. The van der Waals surface area contributed by atoms with Crippen LogP contribution in [-0.4, -0.2) is 27.7 Å². The fourth-order valence-corrected chi connectivity index (χ4v) is 3.70. The Morgan fingerprint density at radius 1 is 1.18 bits per heavy atom. The van der Waals surface area contributed by atoms with Gasteiger partial charge in [0.05, 0.1) is 18.1 Å². The number of nitrogens with one attached hydrogen (secondary N) is 1. The summed E-state index contributed by atoms with van der Waals surface area (Å²) in [7, 11) is -3.53. The van der Waals surface area contributed by atoms with Crippen molar-refractivity contribution in [2.45, 2.75) is 56.9 Å². The molecule has 0 aromatic heterocycles. The number of rotatable bonds is 7. The third-order valence-electron chi connectivity index (χ3n) is 3.63. The van der Waals surface area contributed by atoms with Crippen molar-refractivity contribution in [1.29, 1.82) is 0 Å². The summed E-state index contributed by atoms with van der Waals surface area (Å²) in [4.78, 5) is 0.221. The van der Waals surface area contributed by atoms with Crippen LogP contribution in [0, 0.1) is 0 Å². The number of unbranched alkanes of at least 4 members (excludes halogenated alkanes) is 2. The van der Waals surface area contributed by atoms with Crippen molar-refractivity contribution in [1.82, 2.24) is 4.72 Å². The number of hydrogen-bond donors (Lipinski definition) is 1. The summed E-state index contributed by atoms with van der Waals surface area (Å²) in [6, 6.07) is 4.69. The molecule has 1 unspecified atom stereocenters. The second-order valence-corrected chi connectivity index (χ2v) is 7.39. The topological polar surface area (TPSA) is 64.6 Å². The lowest BCUT2D eigenvalue weighted by Crippen LogP contribution is -2.32. The summed E-state index contributed by atoms with van der Waals surface area (Å²) >= 11 is 0. The Bertz CT molecular complexity index is 586. The summed E-state index contributed by atoms with van der Waals surface area (Å²) < 4.78 is 38.7. The quantitative estimate of drug-likeness (QED) is 0.782. The Balaban J connectivity index is 2.07. The Labute approximate surface area is 133 Å². The molecule has 0 spiro atoms. The first-order valence-corrected chi connectivity index (χ1v) is 9.43. The van der Waals surface area contributed by atoms with E-state index >= 15 is 0 Å². The second-order valence-electron chi connectivity index (χ2n) is 5.68. The van der Waals surface area contributed by atoms with Gasteiger partial charge in [-0.15, -0.1) is 0 Å². The molecule has 1 atom stereocenters. The smallest absolute Gasteiger partial charge is 0.240 e. The SMILES string of the molecule is CCCCCC(C)NS(=O)(=O)c1ccc2c(c1)OCCCO2. The van der Waals surface area contributed by atoms with Crippen molar-refractivity contribution >= 4 is 10.0 Å². The monoisotopic (exact) mass is 327 g/mol. The summed E-state index contributed by atoms with van der Waals surface area (Å²) in [5.74, 6) is 1.10. The molecule has 0 aliphatic carbocycles. The number of ether oxygens (including phenoxy) is 2. The van der Waals surface area contributed by atoms with Gasteiger partial charge in [0, 0.05) is 18.5 Å². The van der Waals surface area contributed by atoms with Crippen LogP contribution in [0.4, 0.5) is 0 Å². The van der Waals surface area contributed by atoms with Crippen LogP contribution >= 0.6 is 0 Å². The van der Waals surface area contributed by atoms with E-state index in [4.69, 9.17) is 9.47 Å². The van der Waals surface area contributed by atoms with Crippen LogP contribution in [0.2, 0.25) is 0 Å². The minimum absolute atomic E-state index is 0.0764. The molecule has 0 bridgehead atoms. The third kappa shape index (κ3) is 4.61. The predicted molar refractivity (Wildman–Crippen MR) is 86.0 cm³/mol. The Hall–Kier alpha value is -1.27. The van der Waals surface area contributed by atoms with Crippen LogP contribution in [0.15, 0.2) is 23.1 Å². The maximum Gasteiger partial charge on any atom is 0.240 e. The van der Waals surface area contributed by atoms with E-state index in [2.05, 4.69) is 11.6 Å². The highest BCUT2D eigenvalue weighted by molar-refractivity contribution is 7.89. The number of fused-ring (bicyclic) bond motifs is 1. The molecule has 2 rings (SSSR count). The standard InChI is InChI=1S/C16H25NO4S/c1-3-4-5-7-13(2)17-22(18,19)14-8-9-15-16(12-14)21-11-6-10-20-15/h8-9,12-13,17H,3-7,10-11H2,1-2H3. The van der Waals surface area contributed by atoms with Crippen LogP contribution in [0.25, 0.3) is 0 Å². The van der Waals surface area contributed by atoms with Crippen molar-refractivity contribution < 1.29 is 17.9 Å². The molecular weight excluding hydrogens is 302 g/mol. The number of hydrogen-bond acceptors (Lipinski definition) is 4. The number of benzene rings is 1. The Morgan fingerprint density at radius 2 is 1.91 bits per heavy atom. The van der Waals surface area contributed by atoms with E-state index in [1.165, 1.54) is 0 Å². The zero-order valence-corrected chi connectivity index (χ0v) is 14.1. The first-order valence-electron chi connectivity index (χ1n) is 7.95. The van der Waals surface area contributed by atoms with Crippen molar-refractivity contribution in [3.05, 3.63) is 18.2 Å². The molecule has 1 N–H and O–H groups in total. The Kier molecular flexibility index (Phi) is 6.08. The predicted octanol–water partition coefficient (Wildman–Crippen LogP) is 3.10. The summed E-state index contributed by atoms with van der Waals surface area (Å²) in [6.45, 7) is 5.16. The van der Waals surface area contributed by atoms with Gasteiger partial charge in [-0.2, -0.15) is 0 Å². The van der Waals surface area contributed by atoms with Crippen LogP contribution in [0.3, 0.4) is 0 Å². The molecule has 1 aliphatic heterocycles. The maximum absolute atomic E-state index is 12.4. The highest BCUT2D eigenvalue weighted by Gasteiger charge is 2.20. The van der Waals surface area contributed by atoms with Crippen LogP contribution in [0.1, 0.15) is 46.0 Å². The molecule has 0 radical (unpaired) electrons. The lowest BCUT2D eigenvalue weighted by molar-refractivity contribution is 0.297. The molecule has 22 heavy (non-hydrogen) atoms. The molecule has 0 saturated carbocycles. The molecule has 0 amide bonds. The number of sulfonamides is 1. The van der Waals surface area contributed by atoms with Gasteiger partial charge in [-0.05, 0) is 25.5 Å². The molecule has 6 heteroatoms. The van der Waals surface area contributed by atoms with Gasteiger partial charge in [-0.3, -0.25) is 0 Å². The van der Waals surface area contributed by atoms with Gasteiger partial charge in [0.1, 0.15) is 0 Å². The lowest BCUT2D eigenvalue weighted by Gasteiger charge is -2.15. The first kappa shape index (κ1) is 17.1. The molecule has 1 aliphatic rings. The van der Waals surface area contributed by atoms with Crippen LogP contribution in [0.5, 0.6) is 11.5 Å². The average Bonchev–Trinajstić information content (AvgIpc) is 2.71. The van der Waals surface area contributed by atoms with E-state index in [0.717, 1.165) is 32.1 Å². The van der Waals surface area contributed by atoms with E-state index in [1.807, 2.05) is 6.92 Å². The minimum atomic E-state index is -3.53. The second kappa shape index (κ2) is 7.83. The van der Waals surface area contributed by atoms with Crippen LogP contribution < -0.4 is 14.2 Å². The fourth-order valence-electron chi connectivity index (χ4n) is 2.40. The fraction of sp³-hybridized carbons (Fsp3) is 0.625.